The third-order valence-corrected chi connectivity index (χ3v) is 5.83. The number of fused-ring (bicyclic) bond motifs is 1. The van der Waals surface area contributed by atoms with Gasteiger partial charge in [0, 0.05) is 36.2 Å². The second-order valence-corrected chi connectivity index (χ2v) is 7.62. The van der Waals surface area contributed by atoms with Gasteiger partial charge in [-0.25, -0.2) is 0 Å². The monoisotopic (exact) mass is 368 g/mol. The number of hydrogen-bond donors (Lipinski definition) is 0. The van der Waals surface area contributed by atoms with Gasteiger partial charge in [-0.15, -0.1) is 0 Å². The van der Waals surface area contributed by atoms with Crippen LogP contribution in [-0.4, -0.2) is 41.7 Å². The number of carbonyl (C=O) groups excluding carboxylic acids is 1. The number of piperidine rings is 1. The number of ether oxygens (including phenoxy) is 2. The lowest BCUT2D eigenvalue weighted by Gasteiger charge is -2.32. The quantitative estimate of drug-likeness (QED) is 0.818. The number of aryl methyl sites for hydroxylation is 1. The molecule has 3 heterocycles. The highest BCUT2D eigenvalue weighted by Gasteiger charge is 2.26. The lowest BCUT2D eigenvalue weighted by molar-refractivity contribution is 0.0670. The highest BCUT2D eigenvalue weighted by molar-refractivity contribution is 5.96. The van der Waals surface area contributed by atoms with Gasteiger partial charge in [0.05, 0.1) is 5.56 Å². The van der Waals surface area contributed by atoms with E-state index in [0.29, 0.717) is 19.1 Å². The molecular weight excluding hydrogens is 340 g/mol. The minimum absolute atomic E-state index is 0.157. The van der Waals surface area contributed by atoms with Gasteiger partial charge in [0.2, 0.25) is 0 Å². The first kappa shape index (κ1) is 18.0. The van der Waals surface area contributed by atoms with Crippen LogP contribution in [0.25, 0.3) is 5.69 Å². The summed E-state index contributed by atoms with van der Waals surface area (Å²) in [6.07, 6.45) is 3.47. The molecule has 0 saturated carbocycles. The maximum Gasteiger partial charge on any atom is 0.255 e. The van der Waals surface area contributed by atoms with Crippen LogP contribution in [0, 0.1) is 19.8 Å². The number of carbonyl (C=O) groups is 1. The molecule has 4 rings (SSSR count). The molecule has 1 atom stereocenters. The summed E-state index contributed by atoms with van der Waals surface area (Å²) in [4.78, 5) is 15.2. The molecule has 2 aromatic rings. The van der Waals surface area contributed by atoms with E-state index in [-0.39, 0.29) is 5.91 Å². The molecule has 1 fully saturated rings. The Kier molecular flexibility index (Phi) is 4.85. The van der Waals surface area contributed by atoms with E-state index in [1.165, 1.54) is 6.42 Å². The van der Waals surface area contributed by atoms with Crippen molar-refractivity contribution in [2.75, 3.05) is 26.3 Å². The second kappa shape index (κ2) is 7.29. The van der Waals surface area contributed by atoms with Crippen LogP contribution in [0.1, 0.15) is 47.9 Å². The molecule has 1 aromatic carbocycles. The fourth-order valence-corrected chi connectivity index (χ4v) is 4.30. The van der Waals surface area contributed by atoms with Crippen LogP contribution in [0.5, 0.6) is 11.5 Å². The first-order chi connectivity index (χ1) is 13.1. The van der Waals surface area contributed by atoms with Crippen LogP contribution in [0.3, 0.4) is 0 Å². The lowest BCUT2D eigenvalue weighted by atomic mass is 9.95. The molecule has 0 spiro atoms. The molecule has 1 amide bonds. The summed E-state index contributed by atoms with van der Waals surface area (Å²) in [5.74, 6) is 2.33. The van der Waals surface area contributed by atoms with Gasteiger partial charge < -0.3 is 18.9 Å². The summed E-state index contributed by atoms with van der Waals surface area (Å²) < 4.78 is 13.5. The second-order valence-electron chi connectivity index (χ2n) is 7.62. The minimum Gasteiger partial charge on any atom is -0.486 e. The summed E-state index contributed by atoms with van der Waals surface area (Å²) in [6, 6.07) is 7.98. The summed E-state index contributed by atoms with van der Waals surface area (Å²) in [5.41, 5.74) is 3.84. The smallest absolute Gasteiger partial charge is 0.255 e. The van der Waals surface area contributed by atoms with Crippen LogP contribution in [0.4, 0.5) is 0 Å². The van der Waals surface area contributed by atoms with Crippen molar-refractivity contribution >= 4 is 5.91 Å². The Bertz CT molecular complexity index is 855. The molecule has 2 aliphatic rings. The van der Waals surface area contributed by atoms with E-state index < -0.39 is 0 Å². The maximum atomic E-state index is 13.2. The fourth-order valence-electron chi connectivity index (χ4n) is 4.30. The number of likely N-dealkylation sites (tertiary alicyclic amines) is 1. The summed E-state index contributed by atoms with van der Waals surface area (Å²) in [6.45, 7) is 9.18. The van der Waals surface area contributed by atoms with Gasteiger partial charge in [-0.05, 0) is 50.8 Å². The Morgan fingerprint density at radius 3 is 2.70 bits per heavy atom. The number of benzene rings is 1. The predicted molar refractivity (Wildman–Crippen MR) is 105 cm³/mol. The fraction of sp³-hybridized carbons (Fsp3) is 0.500. The first-order valence-electron chi connectivity index (χ1n) is 9.96. The molecule has 5 heteroatoms. The van der Waals surface area contributed by atoms with Gasteiger partial charge in [-0.3, -0.25) is 4.79 Å². The Morgan fingerprint density at radius 2 is 1.93 bits per heavy atom. The molecule has 1 saturated heterocycles. The van der Waals surface area contributed by atoms with Gasteiger partial charge in [0.1, 0.15) is 13.2 Å². The van der Waals surface area contributed by atoms with Gasteiger partial charge in [-0.2, -0.15) is 0 Å². The van der Waals surface area contributed by atoms with E-state index in [1.807, 2.05) is 43.0 Å². The zero-order valence-corrected chi connectivity index (χ0v) is 16.5. The predicted octanol–water partition coefficient (Wildman–Crippen LogP) is 4.13. The van der Waals surface area contributed by atoms with E-state index in [9.17, 15) is 4.79 Å². The van der Waals surface area contributed by atoms with Crippen molar-refractivity contribution in [3.8, 4) is 17.2 Å². The molecule has 0 aliphatic carbocycles. The van der Waals surface area contributed by atoms with Gasteiger partial charge in [0.15, 0.2) is 11.5 Å². The standard InChI is InChI=1S/C22H28N2O3/c1-4-17-6-5-9-23(14-17)22(25)19-12-15(2)24(16(19)3)18-7-8-20-21(13-18)27-11-10-26-20/h7-8,12-13,17H,4-6,9-11,14H2,1-3H3. The highest BCUT2D eigenvalue weighted by Crippen LogP contribution is 2.34. The van der Waals surface area contributed by atoms with Crippen molar-refractivity contribution in [3.05, 3.63) is 41.2 Å². The third-order valence-electron chi connectivity index (χ3n) is 5.83. The van der Waals surface area contributed by atoms with E-state index >= 15 is 0 Å². The van der Waals surface area contributed by atoms with Crippen LogP contribution in [0.2, 0.25) is 0 Å². The van der Waals surface area contributed by atoms with Crippen LogP contribution in [-0.2, 0) is 0 Å². The van der Waals surface area contributed by atoms with Gasteiger partial charge in [0.25, 0.3) is 5.91 Å². The Balaban J connectivity index is 1.65. The molecular formula is C22H28N2O3. The van der Waals surface area contributed by atoms with Crippen LogP contribution < -0.4 is 9.47 Å². The molecule has 2 aliphatic heterocycles. The number of hydrogen-bond acceptors (Lipinski definition) is 3. The number of aromatic nitrogens is 1. The number of nitrogens with zero attached hydrogens (tertiary/aromatic N) is 2. The largest absolute Gasteiger partial charge is 0.486 e. The minimum atomic E-state index is 0.157. The molecule has 1 aromatic heterocycles. The molecule has 0 radical (unpaired) electrons. The number of rotatable bonds is 3. The molecule has 5 nitrogen and oxygen atoms in total. The van der Waals surface area contributed by atoms with E-state index in [2.05, 4.69) is 11.5 Å². The zero-order chi connectivity index (χ0) is 19.0. The van der Waals surface area contributed by atoms with Crippen molar-refractivity contribution in [2.24, 2.45) is 5.92 Å². The van der Waals surface area contributed by atoms with Crippen LogP contribution in [0.15, 0.2) is 24.3 Å². The van der Waals surface area contributed by atoms with Crippen molar-refractivity contribution in [3.63, 3.8) is 0 Å². The normalized spacial score (nSPS) is 19.2. The molecule has 1 unspecified atom stereocenters. The average molecular weight is 368 g/mol. The number of amides is 1. The van der Waals surface area contributed by atoms with Crippen molar-refractivity contribution in [2.45, 2.75) is 40.0 Å². The SMILES string of the molecule is CCC1CCCN(C(=O)c2cc(C)n(-c3ccc4c(c3)OCCO4)c2C)C1. The molecule has 27 heavy (non-hydrogen) atoms. The van der Waals surface area contributed by atoms with E-state index in [1.54, 1.807) is 0 Å². The van der Waals surface area contributed by atoms with Crippen LogP contribution >= 0.6 is 0 Å². The first-order valence-corrected chi connectivity index (χ1v) is 9.96. The van der Waals surface area contributed by atoms with Crippen molar-refractivity contribution in [1.82, 2.24) is 9.47 Å². The van der Waals surface area contributed by atoms with Gasteiger partial charge >= 0.3 is 0 Å². The average Bonchev–Trinajstić information content (AvgIpc) is 3.01. The van der Waals surface area contributed by atoms with E-state index in [4.69, 9.17) is 9.47 Å². The van der Waals surface area contributed by atoms with E-state index in [0.717, 1.165) is 60.1 Å². The van der Waals surface area contributed by atoms with Crippen molar-refractivity contribution in [1.29, 1.82) is 0 Å². The van der Waals surface area contributed by atoms with Gasteiger partial charge in [-0.1, -0.05) is 13.3 Å². The summed E-state index contributed by atoms with van der Waals surface area (Å²) in [7, 11) is 0. The van der Waals surface area contributed by atoms with Crippen molar-refractivity contribution < 1.29 is 14.3 Å². The highest BCUT2D eigenvalue weighted by atomic mass is 16.6. The lowest BCUT2D eigenvalue weighted by Crippen LogP contribution is -2.39. The third kappa shape index (κ3) is 3.31. The summed E-state index contributed by atoms with van der Waals surface area (Å²) in [5, 5.41) is 0. The summed E-state index contributed by atoms with van der Waals surface area (Å²) >= 11 is 0. The Labute approximate surface area is 160 Å². The molecule has 144 valence electrons. The molecule has 0 bridgehead atoms. The zero-order valence-electron chi connectivity index (χ0n) is 16.5. The topological polar surface area (TPSA) is 43.7 Å². The maximum absolute atomic E-state index is 13.2. The Morgan fingerprint density at radius 1 is 1.15 bits per heavy atom. The Hall–Kier alpha value is -2.43. The molecule has 0 N–H and O–H groups in total.